The topological polar surface area (TPSA) is 12.0 Å². The third-order valence-electron chi connectivity index (χ3n) is 3.95. The number of hydrogen-bond acceptors (Lipinski definition) is 1. The standard InChI is InChI=1S/C15H21N/c1-2-13(11-16-9-1)10-12-3-5-14(6-4-12)15-7-8-15/h3-6,13,15-16H,1-2,7-11H2. The molecule has 0 amide bonds. The molecule has 1 aromatic rings. The summed E-state index contributed by atoms with van der Waals surface area (Å²) in [6.45, 7) is 2.43. The van der Waals surface area contributed by atoms with Gasteiger partial charge in [0.25, 0.3) is 0 Å². The predicted molar refractivity (Wildman–Crippen MR) is 67.7 cm³/mol. The second kappa shape index (κ2) is 4.58. The second-order valence-corrected chi connectivity index (χ2v) is 5.43. The molecule has 0 bridgehead atoms. The molecule has 1 heteroatoms. The molecule has 16 heavy (non-hydrogen) atoms. The lowest BCUT2D eigenvalue weighted by Gasteiger charge is -2.22. The van der Waals surface area contributed by atoms with Crippen molar-refractivity contribution in [2.45, 2.75) is 38.0 Å². The number of rotatable bonds is 3. The first-order valence-electron chi connectivity index (χ1n) is 6.71. The van der Waals surface area contributed by atoms with Gasteiger partial charge in [-0.1, -0.05) is 24.3 Å². The lowest BCUT2D eigenvalue weighted by Crippen LogP contribution is -2.30. The maximum Gasteiger partial charge on any atom is -0.00173 e. The minimum Gasteiger partial charge on any atom is -0.316 e. The molecule has 1 saturated carbocycles. The summed E-state index contributed by atoms with van der Waals surface area (Å²) in [6, 6.07) is 9.40. The van der Waals surface area contributed by atoms with E-state index in [2.05, 4.69) is 29.6 Å². The van der Waals surface area contributed by atoms with Gasteiger partial charge in [0, 0.05) is 0 Å². The molecule has 1 N–H and O–H groups in total. The van der Waals surface area contributed by atoms with Crippen LogP contribution < -0.4 is 5.32 Å². The Morgan fingerprint density at radius 1 is 1.06 bits per heavy atom. The summed E-state index contributed by atoms with van der Waals surface area (Å²) in [6.07, 6.45) is 6.83. The van der Waals surface area contributed by atoms with E-state index >= 15 is 0 Å². The molecule has 1 saturated heterocycles. The summed E-state index contributed by atoms with van der Waals surface area (Å²) in [7, 11) is 0. The summed E-state index contributed by atoms with van der Waals surface area (Å²) in [5, 5.41) is 3.49. The van der Waals surface area contributed by atoms with Gasteiger partial charge < -0.3 is 5.32 Å². The molecule has 86 valence electrons. The highest BCUT2D eigenvalue weighted by atomic mass is 14.9. The Hall–Kier alpha value is -0.820. The Morgan fingerprint density at radius 2 is 1.88 bits per heavy atom. The Labute approximate surface area is 98.3 Å². The zero-order valence-corrected chi connectivity index (χ0v) is 9.91. The van der Waals surface area contributed by atoms with Gasteiger partial charge in [-0.15, -0.1) is 0 Å². The quantitative estimate of drug-likeness (QED) is 0.817. The minimum absolute atomic E-state index is 0.862. The maximum atomic E-state index is 3.49. The van der Waals surface area contributed by atoms with Gasteiger partial charge in [0.15, 0.2) is 0 Å². The fourth-order valence-corrected chi connectivity index (χ4v) is 2.77. The smallest absolute Gasteiger partial charge is 0.00173 e. The van der Waals surface area contributed by atoms with Crippen molar-refractivity contribution in [2.24, 2.45) is 5.92 Å². The van der Waals surface area contributed by atoms with E-state index in [-0.39, 0.29) is 0 Å². The van der Waals surface area contributed by atoms with Gasteiger partial charge in [-0.25, -0.2) is 0 Å². The molecule has 2 fully saturated rings. The molecular weight excluding hydrogens is 194 g/mol. The zero-order valence-electron chi connectivity index (χ0n) is 9.91. The van der Waals surface area contributed by atoms with Crippen molar-refractivity contribution >= 4 is 0 Å². The second-order valence-electron chi connectivity index (χ2n) is 5.43. The van der Waals surface area contributed by atoms with E-state index in [0.29, 0.717) is 0 Å². The molecular formula is C15H21N. The van der Waals surface area contributed by atoms with Gasteiger partial charge in [0.2, 0.25) is 0 Å². The van der Waals surface area contributed by atoms with Crippen molar-refractivity contribution in [2.75, 3.05) is 13.1 Å². The van der Waals surface area contributed by atoms with Crippen molar-refractivity contribution in [3.05, 3.63) is 35.4 Å². The number of piperidine rings is 1. The molecule has 0 radical (unpaired) electrons. The van der Waals surface area contributed by atoms with Gasteiger partial charge in [-0.2, -0.15) is 0 Å². The van der Waals surface area contributed by atoms with E-state index in [1.54, 1.807) is 5.56 Å². The summed E-state index contributed by atoms with van der Waals surface area (Å²) in [5.74, 6) is 1.76. The first kappa shape index (κ1) is 10.3. The lowest BCUT2D eigenvalue weighted by molar-refractivity contribution is 0.376. The zero-order chi connectivity index (χ0) is 10.8. The first-order chi connectivity index (χ1) is 7.92. The van der Waals surface area contributed by atoms with Crippen LogP contribution in [-0.2, 0) is 6.42 Å². The van der Waals surface area contributed by atoms with Crippen LogP contribution in [0.2, 0.25) is 0 Å². The molecule has 3 rings (SSSR count). The summed E-state index contributed by atoms with van der Waals surface area (Å²) < 4.78 is 0. The van der Waals surface area contributed by atoms with Crippen LogP contribution in [0.5, 0.6) is 0 Å². The van der Waals surface area contributed by atoms with Crippen molar-refractivity contribution in [3.8, 4) is 0 Å². The molecule has 1 unspecified atom stereocenters. The summed E-state index contributed by atoms with van der Waals surface area (Å²) >= 11 is 0. The van der Waals surface area contributed by atoms with E-state index in [9.17, 15) is 0 Å². The van der Waals surface area contributed by atoms with Crippen LogP contribution in [0.15, 0.2) is 24.3 Å². The first-order valence-corrected chi connectivity index (χ1v) is 6.71. The molecule has 0 aromatic heterocycles. The van der Waals surface area contributed by atoms with E-state index in [4.69, 9.17) is 0 Å². The number of nitrogens with one attached hydrogen (secondary N) is 1. The van der Waals surface area contributed by atoms with Crippen molar-refractivity contribution in [1.29, 1.82) is 0 Å². The molecule has 1 nitrogen and oxygen atoms in total. The lowest BCUT2D eigenvalue weighted by atomic mass is 9.92. The molecule has 1 aliphatic heterocycles. The van der Waals surface area contributed by atoms with Crippen LogP contribution >= 0.6 is 0 Å². The van der Waals surface area contributed by atoms with Crippen LogP contribution in [0, 0.1) is 5.92 Å². The Bertz CT molecular complexity index is 331. The molecule has 2 aliphatic rings. The van der Waals surface area contributed by atoms with Gasteiger partial charge in [-0.05, 0) is 68.2 Å². The third kappa shape index (κ3) is 2.46. The average molecular weight is 215 g/mol. The fraction of sp³-hybridized carbons (Fsp3) is 0.600. The van der Waals surface area contributed by atoms with Gasteiger partial charge in [0.05, 0.1) is 0 Å². The summed E-state index contributed by atoms with van der Waals surface area (Å²) in [4.78, 5) is 0. The van der Waals surface area contributed by atoms with Crippen LogP contribution in [0.4, 0.5) is 0 Å². The third-order valence-corrected chi connectivity index (χ3v) is 3.95. The Morgan fingerprint density at radius 3 is 2.50 bits per heavy atom. The van der Waals surface area contributed by atoms with E-state index in [0.717, 1.165) is 11.8 Å². The number of benzene rings is 1. The predicted octanol–water partition coefficient (Wildman–Crippen LogP) is 3.11. The molecule has 1 aromatic carbocycles. The van der Waals surface area contributed by atoms with Gasteiger partial charge in [0.1, 0.15) is 0 Å². The Balaban J connectivity index is 1.60. The normalized spacial score (nSPS) is 25.6. The van der Waals surface area contributed by atoms with Crippen LogP contribution in [0.3, 0.4) is 0 Å². The van der Waals surface area contributed by atoms with E-state index in [1.807, 2.05) is 0 Å². The van der Waals surface area contributed by atoms with E-state index < -0.39 is 0 Å². The summed E-state index contributed by atoms with van der Waals surface area (Å²) in [5.41, 5.74) is 3.09. The van der Waals surface area contributed by atoms with Crippen molar-refractivity contribution < 1.29 is 0 Å². The highest BCUT2D eigenvalue weighted by Crippen LogP contribution is 2.39. The Kier molecular flexibility index (Phi) is 2.96. The molecule has 1 heterocycles. The largest absolute Gasteiger partial charge is 0.316 e. The molecule has 1 aliphatic carbocycles. The average Bonchev–Trinajstić information content (AvgIpc) is 3.15. The van der Waals surface area contributed by atoms with Gasteiger partial charge >= 0.3 is 0 Å². The van der Waals surface area contributed by atoms with Crippen LogP contribution in [0.1, 0.15) is 42.7 Å². The highest BCUT2D eigenvalue weighted by Gasteiger charge is 2.23. The monoisotopic (exact) mass is 215 g/mol. The van der Waals surface area contributed by atoms with Crippen LogP contribution in [0.25, 0.3) is 0 Å². The fourth-order valence-electron chi connectivity index (χ4n) is 2.77. The number of hydrogen-bond donors (Lipinski definition) is 1. The molecule has 1 atom stereocenters. The highest BCUT2D eigenvalue weighted by molar-refractivity contribution is 5.28. The molecule has 0 spiro atoms. The van der Waals surface area contributed by atoms with Crippen molar-refractivity contribution in [1.82, 2.24) is 5.32 Å². The maximum absolute atomic E-state index is 3.49. The van der Waals surface area contributed by atoms with Crippen LogP contribution in [-0.4, -0.2) is 13.1 Å². The van der Waals surface area contributed by atoms with E-state index in [1.165, 1.54) is 50.8 Å². The van der Waals surface area contributed by atoms with Crippen molar-refractivity contribution in [3.63, 3.8) is 0 Å². The SMILES string of the molecule is c1cc(C2CC2)ccc1CC1CCCNC1. The van der Waals surface area contributed by atoms with Gasteiger partial charge in [-0.3, -0.25) is 0 Å². The minimum atomic E-state index is 0.862.